The fourth-order valence-electron chi connectivity index (χ4n) is 3.30. The van der Waals surface area contributed by atoms with Gasteiger partial charge in [-0.2, -0.15) is 11.8 Å². The molecule has 0 aliphatic carbocycles. The van der Waals surface area contributed by atoms with Crippen LogP contribution in [-0.2, 0) is 20.1 Å². The van der Waals surface area contributed by atoms with Crippen molar-refractivity contribution >= 4 is 23.8 Å². The fraction of sp³-hybridized carbons (Fsp3) is 0.636. The molecule has 8 heteroatoms. The Hall–Kier alpha value is -1.93. The molecule has 0 bridgehead atoms. The quantitative estimate of drug-likeness (QED) is 0.569. The number of hydroxylamine groups is 2. The third-order valence-electron chi connectivity index (χ3n) is 4.97. The number of rotatable bonds is 8. The van der Waals surface area contributed by atoms with Crippen molar-refractivity contribution in [2.24, 2.45) is 0 Å². The van der Waals surface area contributed by atoms with Crippen LogP contribution in [-0.4, -0.2) is 66.7 Å². The summed E-state index contributed by atoms with van der Waals surface area (Å²) in [7, 11) is 4.71. The van der Waals surface area contributed by atoms with Gasteiger partial charge in [-0.15, -0.1) is 0 Å². The third-order valence-corrected chi connectivity index (χ3v) is 6.28. The number of ether oxygens (including phenoxy) is 2. The number of nitrogens with zero attached hydrogens (tertiary/aromatic N) is 2. The van der Waals surface area contributed by atoms with Gasteiger partial charge in [0.1, 0.15) is 11.4 Å². The molecule has 0 saturated carbocycles. The van der Waals surface area contributed by atoms with Crippen molar-refractivity contribution in [2.75, 3.05) is 27.8 Å². The predicted octanol–water partition coefficient (Wildman–Crippen LogP) is 4.11. The molecule has 168 valence electrons. The monoisotopic (exact) mass is 438 g/mol. The first-order valence-corrected chi connectivity index (χ1v) is 11.2. The van der Waals surface area contributed by atoms with Crippen LogP contribution in [0.2, 0.25) is 0 Å². The predicted molar refractivity (Wildman–Crippen MR) is 118 cm³/mol. The number of amides is 2. The highest BCUT2D eigenvalue weighted by Gasteiger charge is 2.37. The first-order chi connectivity index (χ1) is 14.1. The second-order valence-corrected chi connectivity index (χ2v) is 9.70. The van der Waals surface area contributed by atoms with Crippen molar-refractivity contribution in [1.29, 1.82) is 0 Å². The number of hydrogen-bond donors (Lipinski definition) is 0. The minimum Gasteiger partial charge on any atom is -0.497 e. The van der Waals surface area contributed by atoms with Crippen molar-refractivity contribution in [1.82, 2.24) is 9.96 Å². The molecule has 2 rings (SSSR count). The second kappa shape index (κ2) is 10.9. The van der Waals surface area contributed by atoms with E-state index in [1.54, 1.807) is 19.1 Å². The lowest BCUT2D eigenvalue weighted by atomic mass is 10.1. The van der Waals surface area contributed by atoms with E-state index in [1.165, 1.54) is 17.7 Å². The molecule has 2 amide bonds. The lowest BCUT2D eigenvalue weighted by Gasteiger charge is -2.28. The first kappa shape index (κ1) is 24.3. The maximum Gasteiger partial charge on any atom is 0.410 e. The highest BCUT2D eigenvalue weighted by Crippen LogP contribution is 2.33. The SMILES string of the molecule is COc1ccc(CS[C@@H]2C[C@@H](CCC(=O)N(C)OC)N(C(=O)OC(C)(C)C)C2)cc1. The zero-order valence-electron chi connectivity index (χ0n) is 18.8. The highest BCUT2D eigenvalue weighted by molar-refractivity contribution is 7.99. The smallest absolute Gasteiger partial charge is 0.410 e. The zero-order valence-corrected chi connectivity index (χ0v) is 19.7. The molecule has 7 nitrogen and oxygen atoms in total. The van der Waals surface area contributed by atoms with Crippen molar-refractivity contribution < 1.29 is 23.9 Å². The fourth-order valence-corrected chi connectivity index (χ4v) is 4.54. The van der Waals surface area contributed by atoms with E-state index >= 15 is 0 Å². The standard InChI is InChI=1S/C22H34N2O5S/c1-22(2,3)29-21(26)24-14-19(13-17(24)9-12-20(25)23(4)28-6)30-15-16-7-10-18(27-5)11-8-16/h7-8,10-11,17,19H,9,12-15H2,1-6H3/t17-,19-/m1/s1. The van der Waals surface area contributed by atoms with E-state index in [2.05, 4.69) is 12.1 Å². The van der Waals surface area contributed by atoms with Gasteiger partial charge in [-0.05, 0) is 51.3 Å². The summed E-state index contributed by atoms with van der Waals surface area (Å²) in [5, 5.41) is 1.52. The summed E-state index contributed by atoms with van der Waals surface area (Å²) in [6.45, 7) is 6.21. The molecule has 0 N–H and O–H groups in total. The second-order valence-electron chi connectivity index (χ2n) is 8.42. The van der Waals surface area contributed by atoms with Crippen LogP contribution < -0.4 is 4.74 Å². The maximum absolute atomic E-state index is 12.8. The van der Waals surface area contributed by atoms with Gasteiger partial charge in [0, 0.05) is 37.1 Å². The summed E-state index contributed by atoms with van der Waals surface area (Å²) in [5.74, 6) is 1.59. The Morgan fingerprint density at radius 2 is 1.87 bits per heavy atom. The summed E-state index contributed by atoms with van der Waals surface area (Å²) in [6.07, 6.45) is 1.44. The van der Waals surface area contributed by atoms with E-state index in [4.69, 9.17) is 14.3 Å². The van der Waals surface area contributed by atoms with E-state index < -0.39 is 5.60 Å². The number of methoxy groups -OCH3 is 1. The molecular weight excluding hydrogens is 404 g/mol. The summed E-state index contributed by atoms with van der Waals surface area (Å²) in [4.78, 5) is 31.6. The molecule has 0 aromatic heterocycles. The van der Waals surface area contributed by atoms with Gasteiger partial charge in [0.2, 0.25) is 5.91 Å². The van der Waals surface area contributed by atoms with E-state index in [0.717, 1.165) is 17.9 Å². The largest absolute Gasteiger partial charge is 0.497 e. The Labute approximate surface area is 184 Å². The normalized spacial score (nSPS) is 18.9. The lowest BCUT2D eigenvalue weighted by molar-refractivity contribution is -0.168. The van der Waals surface area contributed by atoms with Crippen LogP contribution in [0.3, 0.4) is 0 Å². The van der Waals surface area contributed by atoms with Crippen LogP contribution in [0.1, 0.15) is 45.6 Å². The van der Waals surface area contributed by atoms with Gasteiger partial charge in [-0.3, -0.25) is 9.63 Å². The third kappa shape index (κ3) is 7.40. The summed E-state index contributed by atoms with van der Waals surface area (Å²) < 4.78 is 10.8. The van der Waals surface area contributed by atoms with Crippen molar-refractivity contribution in [2.45, 2.75) is 62.7 Å². The number of hydrogen-bond acceptors (Lipinski definition) is 6. The first-order valence-electron chi connectivity index (χ1n) is 10.2. The number of carbonyl (C=O) groups excluding carboxylic acids is 2. The Morgan fingerprint density at radius 3 is 2.43 bits per heavy atom. The summed E-state index contributed by atoms with van der Waals surface area (Å²) in [6, 6.07) is 8.01. The molecule has 0 radical (unpaired) electrons. The van der Waals surface area contributed by atoms with Gasteiger partial charge in [0.25, 0.3) is 0 Å². The molecule has 2 atom stereocenters. The molecule has 1 heterocycles. The van der Waals surface area contributed by atoms with Crippen molar-refractivity contribution in [3.8, 4) is 5.75 Å². The summed E-state index contributed by atoms with van der Waals surface area (Å²) in [5.41, 5.74) is 0.659. The lowest BCUT2D eigenvalue weighted by Crippen LogP contribution is -2.40. The van der Waals surface area contributed by atoms with Gasteiger partial charge in [-0.1, -0.05) is 12.1 Å². The summed E-state index contributed by atoms with van der Waals surface area (Å²) >= 11 is 1.83. The number of benzene rings is 1. The molecule has 1 aromatic rings. The average molecular weight is 439 g/mol. The molecule has 1 aliphatic heterocycles. The van der Waals surface area contributed by atoms with E-state index in [0.29, 0.717) is 24.6 Å². The highest BCUT2D eigenvalue weighted by atomic mass is 32.2. The minimum absolute atomic E-state index is 0.0255. The van der Waals surface area contributed by atoms with Crippen LogP contribution >= 0.6 is 11.8 Å². The molecule has 0 unspecified atom stereocenters. The van der Waals surface area contributed by atoms with Crippen LogP contribution in [0.15, 0.2) is 24.3 Å². The Balaban J connectivity index is 1.99. The Kier molecular flexibility index (Phi) is 8.85. The van der Waals surface area contributed by atoms with Crippen molar-refractivity contribution in [3.05, 3.63) is 29.8 Å². The van der Waals surface area contributed by atoms with Gasteiger partial charge >= 0.3 is 6.09 Å². The Bertz CT molecular complexity index is 704. The minimum atomic E-state index is -0.554. The Morgan fingerprint density at radius 1 is 1.20 bits per heavy atom. The topological polar surface area (TPSA) is 68.3 Å². The van der Waals surface area contributed by atoms with E-state index in [9.17, 15) is 9.59 Å². The molecule has 1 aliphatic rings. The van der Waals surface area contributed by atoms with Crippen LogP contribution in [0.25, 0.3) is 0 Å². The van der Waals surface area contributed by atoms with Gasteiger partial charge in [-0.25, -0.2) is 9.86 Å². The molecule has 1 aromatic carbocycles. The molecule has 1 fully saturated rings. The number of carbonyl (C=O) groups is 2. The van der Waals surface area contributed by atoms with Crippen molar-refractivity contribution in [3.63, 3.8) is 0 Å². The van der Waals surface area contributed by atoms with Gasteiger partial charge in [0.05, 0.1) is 14.2 Å². The zero-order chi connectivity index (χ0) is 22.3. The van der Waals surface area contributed by atoms with E-state index in [1.807, 2.05) is 44.7 Å². The average Bonchev–Trinajstić information content (AvgIpc) is 3.12. The van der Waals surface area contributed by atoms with Crippen LogP contribution in [0.5, 0.6) is 5.75 Å². The van der Waals surface area contributed by atoms with Gasteiger partial charge < -0.3 is 14.4 Å². The van der Waals surface area contributed by atoms with Gasteiger partial charge in [0.15, 0.2) is 0 Å². The van der Waals surface area contributed by atoms with E-state index in [-0.39, 0.29) is 18.0 Å². The van der Waals surface area contributed by atoms with Crippen LogP contribution in [0.4, 0.5) is 4.79 Å². The maximum atomic E-state index is 12.8. The molecule has 0 spiro atoms. The molecule has 1 saturated heterocycles. The number of thioether (sulfide) groups is 1. The molecule has 30 heavy (non-hydrogen) atoms. The molecular formula is C22H34N2O5S. The van der Waals surface area contributed by atoms with Crippen LogP contribution in [0, 0.1) is 0 Å². The number of likely N-dealkylation sites (tertiary alicyclic amines) is 1.